The Bertz CT molecular complexity index is 473. The molecule has 20 heavy (non-hydrogen) atoms. The third-order valence-corrected chi connectivity index (χ3v) is 4.02. The van der Waals surface area contributed by atoms with Crippen molar-refractivity contribution in [1.29, 1.82) is 5.41 Å². The monoisotopic (exact) mass is 274 g/mol. The molecule has 4 nitrogen and oxygen atoms in total. The van der Waals surface area contributed by atoms with Gasteiger partial charge in [0.2, 0.25) is 0 Å². The van der Waals surface area contributed by atoms with Crippen molar-refractivity contribution in [2.24, 2.45) is 11.7 Å². The molecular formula is C16H26N4. The molecule has 4 heteroatoms. The highest BCUT2D eigenvalue weighted by Gasteiger charge is 2.22. The zero-order valence-electron chi connectivity index (χ0n) is 12.8. The lowest BCUT2D eigenvalue weighted by Gasteiger charge is -2.35. The molecule has 1 heterocycles. The minimum absolute atomic E-state index is 0.166. The third kappa shape index (κ3) is 3.51. The van der Waals surface area contributed by atoms with Gasteiger partial charge in [0, 0.05) is 30.9 Å². The van der Waals surface area contributed by atoms with Crippen molar-refractivity contribution in [2.75, 3.05) is 38.6 Å². The number of rotatable bonds is 4. The van der Waals surface area contributed by atoms with Gasteiger partial charge in [0.1, 0.15) is 5.84 Å². The maximum Gasteiger partial charge on any atom is 0.124 e. The van der Waals surface area contributed by atoms with Crippen LogP contribution in [-0.4, -0.2) is 44.5 Å². The molecule has 0 spiro atoms. The van der Waals surface area contributed by atoms with Crippen molar-refractivity contribution < 1.29 is 0 Å². The van der Waals surface area contributed by atoms with Crippen molar-refractivity contribution in [1.82, 2.24) is 4.90 Å². The molecule has 0 unspecified atom stereocenters. The van der Waals surface area contributed by atoms with E-state index in [1.165, 1.54) is 19.4 Å². The fourth-order valence-corrected chi connectivity index (χ4v) is 3.01. The number of hydrogen-bond donors (Lipinski definition) is 2. The summed E-state index contributed by atoms with van der Waals surface area (Å²) in [5.74, 6) is 0.951. The Morgan fingerprint density at radius 3 is 2.55 bits per heavy atom. The molecule has 0 aromatic heterocycles. The first-order valence-electron chi connectivity index (χ1n) is 7.32. The molecular weight excluding hydrogens is 248 g/mol. The Morgan fingerprint density at radius 1 is 1.35 bits per heavy atom. The number of anilines is 1. The van der Waals surface area contributed by atoms with Gasteiger partial charge in [-0.25, -0.2) is 0 Å². The largest absolute Gasteiger partial charge is 0.384 e. The van der Waals surface area contributed by atoms with Gasteiger partial charge in [-0.2, -0.15) is 0 Å². The highest BCUT2D eigenvalue weighted by Crippen LogP contribution is 2.27. The molecule has 0 bridgehead atoms. The number of nitrogens with zero attached hydrogens (tertiary/aromatic N) is 2. The molecule has 1 aliphatic rings. The van der Waals surface area contributed by atoms with Crippen LogP contribution >= 0.6 is 0 Å². The first-order valence-corrected chi connectivity index (χ1v) is 7.32. The molecule has 0 radical (unpaired) electrons. The van der Waals surface area contributed by atoms with Crippen molar-refractivity contribution in [2.45, 2.75) is 19.8 Å². The summed E-state index contributed by atoms with van der Waals surface area (Å²) in [6.45, 7) is 5.32. The van der Waals surface area contributed by atoms with Gasteiger partial charge in [-0.1, -0.05) is 11.6 Å². The van der Waals surface area contributed by atoms with Crippen LogP contribution in [-0.2, 0) is 0 Å². The maximum absolute atomic E-state index is 7.77. The van der Waals surface area contributed by atoms with Crippen LogP contribution in [0, 0.1) is 18.3 Å². The maximum atomic E-state index is 7.77. The zero-order chi connectivity index (χ0) is 14.7. The quantitative estimate of drug-likeness (QED) is 0.652. The molecule has 1 aromatic carbocycles. The Morgan fingerprint density at radius 2 is 2.00 bits per heavy atom. The molecule has 110 valence electrons. The number of amidine groups is 1. The highest BCUT2D eigenvalue weighted by atomic mass is 15.1. The number of piperidine rings is 1. The first kappa shape index (κ1) is 14.9. The van der Waals surface area contributed by atoms with Crippen LogP contribution in [0.5, 0.6) is 0 Å². The molecule has 3 N–H and O–H groups in total. The van der Waals surface area contributed by atoms with E-state index in [1.54, 1.807) is 0 Å². The van der Waals surface area contributed by atoms with E-state index >= 15 is 0 Å². The third-order valence-electron chi connectivity index (χ3n) is 4.02. The van der Waals surface area contributed by atoms with Gasteiger partial charge in [-0.05, 0) is 51.9 Å². The molecule has 1 aliphatic heterocycles. The Balaban J connectivity index is 2.09. The summed E-state index contributed by atoms with van der Waals surface area (Å²) in [5, 5.41) is 7.77. The van der Waals surface area contributed by atoms with Crippen LogP contribution in [0.3, 0.4) is 0 Å². The second-order valence-electron chi connectivity index (χ2n) is 6.13. The summed E-state index contributed by atoms with van der Waals surface area (Å²) in [4.78, 5) is 4.65. The van der Waals surface area contributed by atoms with Crippen LogP contribution in [0.15, 0.2) is 18.2 Å². The second-order valence-corrected chi connectivity index (χ2v) is 6.13. The Labute approximate surface area is 122 Å². The first-order chi connectivity index (χ1) is 9.47. The van der Waals surface area contributed by atoms with Gasteiger partial charge in [-0.15, -0.1) is 0 Å². The van der Waals surface area contributed by atoms with E-state index in [0.717, 1.165) is 35.8 Å². The molecule has 1 aromatic rings. The van der Waals surface area contributed by atoms with Gasteiger partial charge < -0.3 is 15.5 Å². The smallest absolute Gasteiger partial charge is 0.124 e. The van der Waals surface area contributed by atoms with E-state index in [0.29, 0.717) is 0 Å². The standard InChI is InChI=1S/C16H26N4/c1-12-4-5-15(14(10-12)16(17)18)20-8-6-13(7-9-20)11-19(2)3/h4-5,10,13H,6-9,11H2,1-3H3,(H3,17,18). The van der Waals surface area contributed by atoms with Gasteiger partial charge >= 0.3 is 0 Å². The van der Waals surface area contributed by atoms with Crippen LogP contribution in [0.4, 0.5) is 5.69 Å². The lowest BCUT2D eigenvalue weighted by molar-refractivity contribution is 0.285. The van der Waals surface area contributed by atoms with Crippen LogP contribution in [0.2, 0.25) is 0 Å². The van der Waals surface area contributed by atoms with E-state index in [1.807, 2.05) is 13.0 Å². The molecule has 0 saturated carbocycles. The minimum Gasteiger partial charge on any atom is -0.384 e. The van der Waals surface area contributed by atoms with Gasteiger partial charge in [-0.3, -0.25) is 5.41 Å². The zero-order valence-corrected chi connectivity index (χ0v) is 12.8. The fourth-order valence-electron chi connectivity index (χ4n) is 3.01. The molecule has 1 fully saturated rings. The molecule has 1 saturated heterocycles. The number of nitrogen functional groups attached to an aromatic ring is 1. The normalized spacial score (nSPS) is 16.7. The van der Waals surface area contributed by atoms with Crippen LogP contribution < -0.4 is 10.6 Å². The molecule has 0 atom stereocenters. The number of nitrogens with one attached hydrogen (secondary N) is 1. The number of nitrogens with two attached hydrogens (primary N) is 1. The average molecular weight is 274 g/mol. The Hall–Kier alpha value is -1.55. The molecule has 0 aliphatic carbocycles. The molecule has 2 rings (SSSR count). The van der Waals surface area contributed by atoms with Crippen molar-refractivity contribution in [3.8, 4) is 0 Å². The van der Waals surface area contributed by atoms with Crippen molar-refractivity contribution >= 4 is 11.5 Å². The van der Waals surface area contributed by atoms with E-state index in [4.69, 9.17) is 11.1 Å². The van der Waals surface area contributed by atoms with Crippen molar-refractivity contribution in [3.63, 3.8) is 0 Å². The SMILES string of the molecule is Cc1ccc(N2CCC(CN(C)C)CC2)c(C(=N)N)c1. The lowest BCUT2D eigenvalue weighted by Crippen LogP contribution is -2.38. The second kappa shape index (κ2) is 6.27. The summed E-state index contributed by atoms with van der Waals surface area (Å²) >= 11 is 0. The van der Waals surface area contributed by atoms with E-state index in [9.17, 15) is 0 Å². The minimum atomic E-state index is 0.166. The molecule has 0 amide bonds. The van der Waals surface area contributed by atoms with Gasteiger partial charge in [0.15, 0.2) is 0 Å². The van der Waals surface area contributed by atoms with Crippen LogP contribution in [0.25, 0.3) is 0 Å². The number of aryl methyl sites for hydroxylation is 1. The Kier molecular flexibility index (Phi) is 4.65. The summed E-state index contributed by atoms with van der Waals surface area (Å²) in [7, 11) is 4.28. The van der Waals surface area contributed by atoms with Gasteiger partial charge in [0.05, 0.1) is 0 Å². The number of hydrogen-bond acceptors (Lipinski definition) is 3. The fraction of sp³-hybridized carbons (Fsp3) is 0.562. The lowest BCUT2D eigenvalue weighted by atomic mass is 9.95. The summed E-state index contributed by atoms with van der Waals surface area (Å²) < 4.78 is 0. The average Bonchev–Trinajstić information content (AvgIpc) is 2.39. The topological polar surface area (TPSA) is 56.4 Å². The summed E-state index contributed by atoms with van der Waals surface area (Å²) in [5.41, 5.74) is 8.88. The highest BCUT2D eigenvalue weighted by molar-refractivity contribution is 6.00. The predicted molar refractivity (Wildman–Crippen MR) is 85.7 cm³/mol. The van der Waals surface area contributed by atoms with Gasteiger partial charge in [0.25, 0.3) is 0 Å². The summed E-state index contributed by atoms with van der Waals surface area (Å²) in [6.07, 6.45) is 2.42. The predicted octanol–water partition coefficient (Wildman–Crippen LogP) is 2.06. The van der Waals surface area contributed by atoms with Crippen molar-refractivity contribution in [3.05, 3.63) is 29.3 Å². The van der Waals surface area contributed by atoms with Crippen LogP contribution in [0.1, 0.15) is 24.0 Å². The summed E-state index contributed by atoms with van der Waals surface area (Å²) in [6, 6.07) is 6.23. The van der Waals surface area contributed by atoms with E-state index in [-0.39, 0.29) is 5.84 Å². The number of benzene rings is 1. The van der Waals surface area contributed by atoms with E-state index in [2.05, 4.69) is 36.0 Å². The van der Waals surface area contributed by atoms with E-state index < -0.39 is 0 Å².